The van der Waals surface area contributed by atoms with Crippen LogP contribution >= 0.6 is 0 Å². The predicted molar refractivity (Wildman–Crippen MR) is 66.1 cm³/mol. The van der Waals surface area contributed by atoms with E-state index in [1.807, 2.05) is 0 Å². The molecule has 0 aliphatic carbocycles. The lowest BCUT2D eigenvalue weighted by molar-refractivity contribution is -0.0556. The Kier molecular flexibility index (Phi) is 2.79. The fraction of sp³-hybridized carbons (Fsp3) is 0.571. The Balaban J connectivity index is 1.94. The highest BCUT2D eigenvalue weighted by Gasteiger charge is 2.42. The van der Waals surface area contributed by atoms with E-state index in [2.05, 4.69) is 11.9 Å². The minimum atomic E-state index is -0.555. The van der Waals surface area contributed by atoms with Gasteiger partial charge in [-0.15, -0.1) is 0 Å². The van der Waals surface area contributed by atoms with Gasteiger partial charge in [0.15, 0.2) is 0 Å². The molecule has 2 aliphatic heterocycles. The van der Waals surface area contributed by atoms with Gasteiger partial charge in [-0.25, -0.2) is 4.39 Å². The molecule has 18 heavy (non-hydrogen) atoms. The SMILES string of the molecule is CN1CCCC2(CC(O)c3ccc(F)cc3O2)C1. The molecule has 1 saturated heterocycles. The van der Waals surface area contributed by atoms with Crippen LogP contribution in [0.5, 0.6) is 5.75 Å². The second kappa shape index (κ2) is 4.21. The largest absolute Gasteiger partial charge is 0.485 e. The minimum absolute atomic E-state index is 0.317. The van der Waals surface area contributed by atoms with Gasteiger partial charge in [-0.2, -0.15) is 0 Å². The van der Waals surface area contributed by atoms with Gasteiger partial charge in [-0.1, -0.05) is 0 Å². The van der Waals surface area contributed by atoms with Crippen molar-refractivity contribution in [2.24, 2.45) is 0 Å². The first kappa shape index (κ1) is 11.9. The first-order chi connectivity index (χ1) is 8.58. The highest BCUT2D eigenvalue weighted by atomic mass is 19.1. The third-order valence-corrected chi connectivity index (χ3v) is 3.96. The standard InChI is InChI=1S/C14H18FNO2/c1-16-6-2-5-14(9-16)8-12(17)11-4-3-10(15)7-13(11)18-14/h3-4,7,12,17H,2,5-6,8-9H2,1H3. The van der Waals surface area contributed by atoms with E-state index in [-0.39, 0.29) is 11.4 Å². The van der Waals surface area contributed by atoms with Crippen LogP contribution in [-0.4, -0.2) is 35.7 Å². The normalized spacial score (nSPS) is 32.1. The maximum atomic E-state index is 13.3. The summed E-state index contributed by atoms with van der Waals surface area (Å²) in [6.45, 7) is 1.84. The fourth-order valence-corrected chi connectivity index (χ4v) is 3.18. The average Bonchev–Trinajstić information content (AvgIpc) is 2.27. The number of likely N-dealkylation sites (tertiary alicyclic amines) is 1. The molecule has 3 rings (SSSR count). The number of aliphatic hydroxyl groups is 1. The fourth-order valence-electron chi connectivity index (χ4n) is 3.18. The van der Waals surface area contributed by atoms with E-state index in [1.165, 1.54) is 12.1 Å². The smallest absolute Gasteiger partial charge is 0.128 e. The van der Waals surface area contributed by atoms with Crippen LogP contribution in [0.15, 0.2) is 18.2 Å². The topological polar surface area (TPSA) is 32.7 Å². The van der Waals surface area contributed by atoms with Crippen molar-refractivity contribution in [2.45, 2.75) is 31.0 Å². The molecule has 2 atom stereocenters. The molecule has 2 aliphatic rings. The van der Waals surface area contributed by atoms with E-state index in [0.717, 1.165) is 25.9 Å². The molecular weight excluding hydrogens is 233 g/mol. The van der Waals surface area contributed by atoms with Crippen LogP contribution in [0.3, 0.4) is 0 Å². The Morgan fingerprint density at radius 1 is 1.50 bits per heavy atom. The average molecular weight is 251 g/mol. The highest BCUT2D eigenvalue weighted by molar-refractivity contribution is 5.38. The van der Waals surface area contributed by atoms with E-state index in [1.54, 1.807) is 6.07 Å². The summed E-state index contributed by atoms with van der Waals surface area (Å²) < 4.78 is 19.3. The van der Waals surface area contributed by atoms with Crippen LogP contribution in [-0.2, 0) is 0 Å². The number of hydrogen-bond donors (Lipinski definition) is 1. The Morgan fingerprint density at radius 3 is 3.11 bits per heavy atom. The highest BCUT2D eigenvalue weighted by Crippen LogP contribution is 2.43. The lowest BCUT2D eigenvalue weighted by atomic mass is 9.83. The summed E-state index contributed by atoms with van der Waals surface area (Å²) in [4.78, 5) is 2.21. The molecule has 0 bridgehead atoms. The van der Waals surface area contributed by atoms with Crippen molar-refractivity contribution in [1.82, 2.24) is 4.90 Å². The molecule has 98 valence electrons. The molecule has 2 unspecified atom stereocenters. The van der Waals surface area contributed by atoms with Crippen LogP contribution in [0.4, 0.5) is 4.39 Å². The number of aliphatic hydroxyl groups excluding tert-OH is 1. The minimum Gasteiger partial charge on any atom is -0.485 e. The van der Waals surface area contributed by atoms with Crippen LogP contribution in [0.2, 0.25) is 0 Å². The van der Waals surface area contributed by atoms with Crippen LogP contribution in [0, 0.1) is 5.82 Å². The second-order valence-corrected chi connectivity index (χ2v) is 5.53. The molecule has 3 nitrogen and oxygen atoms in total. The molecule has 4 heteroatoms. The van der Waals surface area contributed by atoms with Crippen molar-refractivity contribution >= 4 is 0 Å². The number of piperidine rings is 1. The Morgan fingerprint density at radius 2 is 2.33 bits per heavy atom. The van der Waals surface area contributed by atoms with Gasteiger partial charge in [0.2, 0.25) is 0 Å². The summed E-state index contributed by atoms with van der Waals surface area (Å²) in [6.07, 6.45) is 2.01. The summed E-state index contributed by atoms with van der Waals surface area (Å²) in [6, 6.07) is 4.37. The zero-order chi connectivity index (χ0) is 12.8. The van der Waals surface area contributed by atoms with Crippen LogP contribution < -0.4 is 4.74 Å². The molecule has 1 fully saturated rings. The molecule has 1 aromatic carbocycles. The van der Waals surface area contributed by atoms with Crippen LogP contribution in [0.1, 0.15) is 30.9 Å². The van der Waals surface area contributed by atoms with E-state index < -0.39 is 6.10 Å². The van der Waals surface area contributed by atoms with Crippen LogP contribution in [0.25, 0.3) is 0 Å². The molecule has 0 amide bonds. The summed E-state index contributed by atoms with van der Waals surface area (Å²) in [7, 11) is 2.05. The number of nitrogens with zero attached hydrogens (tertiary/aromatic N) is 1. The van der Waals surface area contributed by atoms with Crippen molar-refractivity contribution in [1.29, 1.82) is 0 Å². The Labute approximate surface area is 106 Å². The summed E-state index contributed by atoms with van der Waals surface area (Å²) in [5.74, 6) is 0.186. The molecule has 1 spiro atoms. The van der Waals surface area contributed by atoms with Gasteiger partial charge < -0.3 is 14.7 Å². The quantitative estimate of drug-likeness (QED) is 0.766. The lowest BCUT2D eigenvalue weighted by Crippen LogP contribution is -2.53. The van der Waals surface area contributed by atoms with E-state index in [0.29, 0.717) is 17.7 Å². The van der Waals surface area contributed by atoms with Crippen molar-refractivity contribution in [3.05, 3.63) is 29.6 Å². The maximum Gasteiger partial charge on any atom is 0.128 e. The number of rotatable bonds is 0. The van der Waals surface area contributed by atoms with Gasteiger partial charge in [0.25, 0.3) is 0 Å². The number of halogens is 1. The lowest BCUT2D eigenvalue weighted by Gasteiger charge is -2.45. The van der Waals surface area contributed by atoms with Gasteiger partial charge >= 0.3 is 0 Å². The Bertz CT molecular complexity index is 465. The number of ether oxygens (including phenoxy) is 1. The zero-order valence-corrected chi connectivity index (χ0v) is 10.5. The monoisotopic (exact) mass is 251 g/mol. The van der Waals surface area contributed by atoms with Gasteiger partial charge in [-0.05, 0) is 38.6 Å². The van der Waals surface area contributed by atoms with Gasteiger partial charge in [0.1, 0.15) is 17.2 Å². The van der Waals surface area contributed by atoms with Crippen molar-refractivity contribution in [2.75, 3.05) is 20.1 Å². The van der Waals surface area contributed by atoms with Crippen molar-refractivity contribution < 1.29 is 14.2 Å². The maximum absolute atomic E-state index is 13.3. The Hall–Kier alpha value is -1.13. The molecule has 2 heterocycles. The summed E-state index contributed by atoms with van der Waals surface area (Å²) >= 11 is 0. The van der Waals surface area contributed by atoms with E-state index in [9.17, 15) is 9.50 Å². The number of benzene rings is 1. The summed E-state index contributed by atoms with van der Waals surface area (Å²) in [5.41, 5.74) is 0.350. The van der Waals surface area contributed by atoms with E-state index in [4.69, 9.17) is 4.74 Å². The second-order valence-electron chi connectivity index (χ2n) is 5.53. The van der Waals surface area contributed by atoms with Gasteiger partial charge in [0.05, 0.1) is 6.10 Å². The third-order valence-electron chi connectivity index (χ3n) is 3.96. The number of hydrogen-bond acceptors (Lipinski definition) is 3. The van der Waals surface area contributed by atoms with Gasteiger partial charge in [0, 0.05) is 24.6 Å². The van der Waals surface area contributed by atoms with Crippen molar-refractivity contribution in [3.8, 4) is 5.75 Å². The molecule has 0 radical (unpaired) electrons. The zero-order valence-electron chi connectivity index (χ0n) is 10.5. The number of likely N-dealkylation sites (N-methyl/N-ethyl adjacent to an activating group) is 1. The molecule has 1 N–H and O–H groups in total. The molecule has 1 aromatic rings. The molecular formula is C14H18FNO2. The molecule has 0 aromatic heterocycles. The number of fused-ring (bicyclic) bond motifs is 1. The van der Waals surface area contributed by atoms with Gasteiger partial charge in [-0.3, -0.25) is 0 Å². The van der Waals surface area contributed by atoms with E-state index >= 15 is 0 Å². The summed E-state index contributed by atoms with van der Waals surface area (Å²) in [5, 5.41) is 10.2. The first-order valence-electron chi connectivity index (χ1n) is 6.43. The predicted octanol–water partition coefficient (Wildman–Crippen LogP) is 2.11. The first-order valence-corrected chi connectivity index (χ1v) is 6.43. The molecule has 0 saturated carbocycles. The van der Waals surface area contributed by atoms with Crippen molar-refractivity contribution in [3.63, 3.8) is 0 Å². The third kappa shape index (κ3) is 1.99.